The van der Waals surface area contributed by atoms with Gasteiger partial charge in [-0.25, -0.2) is 23.3 Å². The molecule has 0 saturated carbocycles. The van der Waals surface area contributed by atoms with Crippen LogP contribution in [0.3, 0.4) is 0 Å². The fraction of sp³-hybridized carbons (Fsp3) is 0.130. The van der Waals surface area contributed by atoms with E-state index >= 15 is 0 Å². The number of carboxylic acids is 1. The number of nitrogens with two attached hydrogens (primary N) is 2. The lowest BCUT2D eigenvalue weighted by Crippen LogP contribution is -2.35. The average molecular weight is 564 g/mol. The van der Waals surface area contributed by atoms with Crippen molar-refractivity contribution >= 4 is 56.1 Å². The highest BCUT2D eigenvalue weighted by atomic mass is 35.5. The summed E-state index contributed by atoms with van der Waals surface area (Å²) in [6, 6.07) is 10.4. The second-order valence-electron chi connectivity index (χ2n) is 7.91. The summed E-state index contributed by atoms with van der Waals surface area (Å²) in [5.41, 5.74) is 6.54. The molecule has 2 aromatic heterocycles. The molecule has 0 aliphatic rings. The lowest BCUT2D eigenvalue weighted by Gasteiger charge is -2.15. The Hall–Kier alpha value is -3.55. The van der Waals surface area contributed by atoms with Crippen LogP contribution in [0.15, 0.2) is 54.9 Å². The molecule has 192 valence electrons. The van der Waals surface area contributed by atoms with Crippen molar-refractivity contribution in [2.45, 2.75) is 18.5 Å². The number of primary sulfonamides is 1. The van der Waals surface area contributed by atoms with E-state index < -0.39 is 33.8 Å². The van der Waals surface area contributed by atoms with Crippen molar-refractivity contribution in [2.24, 2.45) is 10.9 Å². The molecule has 0 saturated heterocycles. The third-order valence-corrected chi connectivity index (χ3v) is 6.61. The van der Waals surface area contributed by atoms with Crippen LogP contribution in [0.1, 0.15) is 27.2 Å². The molecule has 2 aromatic carbocycles. The van der Waals surface area contributed by atoms with Crippen LogP contribution in [0.4, 0.5) is 0 Å². The minimum atomic E-state index is -4.12. The normalized spacial score (nSPS) is 12.4. The average Bonchev–Trinajstić information content (AvgIpc) is 3.12. The summed E-state index contributed by atoms with van der Waals surface area (Å²) in [5, 5.41) is 15.1. The van der Waals surface area contributed by atoms with Crippen molar-refractivity contribution in [3.8, 4) is 5.75 Å². The predicted octanol–water partition coefficient (Wildman–Crippen LogP) is 2.55. The number of nitrogens with zero attached hydrogens (tertiary/aromatic N) is 3. The van der Waals surface area contributed by atoms with Crippen molar-refractivity contribution in [2.75, 3.05) is 0 Å². The predicted molar refractivity (Wildman–Crippen MR) is 136 cm³/mol. The molecule has 2 heterocycles. The number of carbonyl (C=O) groups is 2. The Labute approximate surface area is 220 Å². The smallest absolute Gasteiger partial charge is 0.360 e. The van der Waals surface area contributed by atoms with Gasteiger partial charge in [-0.1, -0.05) is 23.2 Å². The largest absolute Gasteiger partial charge is 0.477 e. The first-order valence-electron chi connectivity index (χ1n) is 10.5. The number of benzene rings is 2. The molecule has 0 fully saturated rings. The molecule has 0 radical (unpaired) electrons. The van der Waals surface area contributed by atoms with Crippen molar-refractivity contribution in [1.29, 1.82) is 0 Å². The van der Waals surface area contributed by atoms with Crippen LogP contribution in [0.2, 0.25) is 10.0 Å². The Morgan fingerprint density at radius 2 is 1.76 bits per heavy atom. The lowest BCUT2D eigenvalue weighted by atomic mass is 10.0. The van der Waals surface area contributed by atoms with Crippen molar-refractivity contribution in [3.63, 3.8) is 0 Å². The zero-order chi connectivity index (χ0) is 26.9. The quantitative estimate of drug-likeness (QED) is 0.203. The Morgan fingerprint density at radius 3 is 2.41 bits per heavy atom. The van der Waals surface area contributed by atoms with E-state index in [1.165, 1.54) is 59.4 Å². The Balaban J connectivity index is 1.90. The van der Waals surface area contributed by atoms with Gasteiger partial charge in [-0.15, -0.1) is 0 Å². The van der Waals surface area contributed by atoms with Crippen LogP contribution in [0.25, 0.3) is 11.2 Å². The van der Waals surface area contributed by atoms with E-state index in [2.05, 4.69) is 9.97 Å². The van der Waals surface area contributed by atoms with Gasteiger partial charge in [-0.2, -0.15) is 0 Å². The van der Waals surface area contributed by atoms with E-state index in [1.807, 2.05) is 0 Å². The first-order chi connectivity index (χ1) is 17.4. The molecule has 37 heavy (non-hydrogen) atoms. The van der Waals surface area contributed by atoms with Gasteiger partial charge in [0.15, 0.2) is 11.4 Å². The first kappa shape index (κ1) is 26.5. The second-order valence-corrected chi connectivity index (χ2v) is 10.4. The van der Waals surface area contributed by atoms with Gasteiger partial charge in [0.05, 0.1) is 12.1 Å². The minimum absolute atomic E-state index is 0.0101. The van der Waals surface area contributed by atoms with Crippen LogP contribution in [-0.2, 0) is 27.1 Å². The Kier molecular flexibility index (Phi) is 7.48. The SMILES string of the molecule is N[C@H](Oc1ccc(Cl)c(Cn2c(CS(N)(=O)=O)c(C(=O)c3ccc(Cl)cc3)c3nccnc32)c1)C(=O)O. The molecule has 0 bridgehead atoms. The number of carboxylic acid groups (broad SMARTS) is 1. The number of aliphatic carboxylic acids is 1. The van der Waals surface area contributed by atoms with Gasteiger partial charge in [0.25, 0.3) is 0 Å². The highest BCUT2D eigenvalue weighted by molar-refractivity contribution is 7.88. The summed E-state index contributed by atoms with van der Waals surface area (Å²) in [6.45, 7) is -0.0771. The van der Waals surface area contributed by atoms with Gasteiger partial charge in [-0.3, -0.25) is 15.5 Å². The molecule has 0 aliphatic heterocycles. The van der Waals surface area contributed by atoms with Gasteiger partial charge >= 0.3 is 5.97 Å². The van der Waals surface area contributed by atoms with E-state index in [4.69, 9.17) is 43.9 Å². The minimum Gasteiger partial charge on any atom is -0.477 e. The summed E-state index contributed by atoms with van der Waals surface area (Å²) in [7, 11) is -4.12. The number of hydrogen-bond acceptors (Lipinski definition) is 8. The van der Waals surface area contributed by atoms with E-state index in [9.17, 15) is 18.0 Å². The van der Waals surface area contributed by atoms with Gasteiger partial charge in [0, 0.05) is 33.7 Å². The van der Waals surface area contributed by atoms with Crippen LogP contribution in [0, 0.1) is 0 Å². The van der Waals surface area contributed by atoms with Gasteiger partial charge < -0.3 is 14.4 Å². The van der Waals surface area contributed by atoms with Crippen molar-refractivity contribution in [1.82, 2.24) is 14.5 Å². The topological polar surface area (TPSA) is 180 Å². The number of rotatable bonds is 9. The first-order valence-corrected chi connectivity index (χ1v) is 13.0. The third-order valence-electron chi connectivity index (χ3n) is 5.31. The lowest BCUT2D eigenvalue weighted by molar-refractivity contribution is -0.144. The van der Waals surface area contributed by atoms with Gasteiger partial charge in [-0.05, 0) is 48.0 Å². The second kappa shape index (κ2) is 10.4. The fourth-order valence-corrected chi connectivity index (χ4v) is 4.70. The van der Waals surface area contributed by atoms with E-state index in [0.717, 1.165) is 0 Å². The van der Waals surface area contributed by atoms with Crippen molar-refractivity contribution < 1.29 is 27.9 Å². The van der Waals surface area contributed by atoms with Crippen molar-refractivity contribution in [3.05, 3.63) is 87.3 Å². The number of aromatic nitrogens is 3. The third kappa shape index (κ3) is 5.89. The van der Waals surface area contributed by atoms with Crippen LogP contribution < -0.4 is 15.6 Å². The Morgan fingerprint density at radius 1 is 1.08 bits per heavy atom. The molecule has 4 rings (SSSR count). The van der Waals surface area contributed by atoms with E-state index in [1.54, 1.807) is 0 Å². The fourth-order valence-electron chi connectivity index (χ4n) is 3.71. The van der Waals surface area contributed by atoms with Crippen LogP contribution >= 0.6 is 23.2 Å². The van der Waals surface area contributed by atoms with Crippen LogP contribution in [-0.4, -0.2) is 46.0 Å². The zero-order valence-electron chi connectivity index (χ0n) is 18.8. The molecule has 14 heteroatoms. The molecule has 0 aliphatic carbocycles. The Bertz CT molecular complexity index is 1620. The summed E-state index contributed by atoms with van der Waals surface area (Å²) < 4.78 is 31.1. The number of sulfonamides is 1. The van der Waals surface area contributed by atoms with Crippen LogP contribution in [0.5, 0.6) is 5.75 Å². The monoisotopic (exact) mass is 563 g/mol. The number of carbonyl (C=O) groups excluding carboxylic acids is 1. The standard InChI is InChI=1S/C23H19Cl2N5O6S/c24-14-3-1-12(2-4-14)20(31)18-17(11-37(27,34)35)30(22-19(18)28-7-8-29-22)10-13-9-15(5-6-16(13)25)36-21(26)23(32)33/h1-9,21H,10-11,26H2,(H,32,33)(H2,27,34,35)/t21-/m1/s1. The molecule has 5 N–H and O–H groups in total. The van der Waals surface area contributed by atoms with E-state index in [-0.39, 0.29) is 45.3 Å². The summed E-state index contributed by atoms with van der Waals surface area (Å²) in [5.74, 6) is -2.46. The molecule has 1 atom stereocenters. The van der Waals surface area contributed by atoms with Gasteiger partial charge in [0.1, 0.15) is 17.0 Å². The number of hydrogen-bond donors (Lipinski definition) is 3. The zero-order valence-corrected chi connectivity index (χ0v) is 21.2. The number of ether oxygens (including phenoxy) is 1. The molecule has 0 spiro atoms. The molecule has 11 nitrogen and oxygen atoms in total. The molecular weight excluding hydrogens is 545 g/mol. The summed E-state index contributed by atoms with van der Waals surface area (Å²) in [4.78, 5) is 33.3. The summed E-state index contributed by atoms with van der Waals surface area (Å²) in [6.07, 6.45) is 1.15. The maximum Gasteiger partial charge on any atom is 0.360 e. The highest BCUT2D eigenvalue weighted by Gasteiger charge is 2.28. The highest BCUT2D eigenvalue weighted by Crippen LogP contribution is 2.31. The molecule has 0 amide bonds. The number of fused-ring (bicyclic) bond motifs is 1. The van der Waals surface area contributed by atoms with E-state index in [0.29, 0.717) is 10.6 Å². The van der Waals surface area contributed by atoms with Gasteiger partial charge in [0.2, 0.25) is 16.3 Å². The maximum atomic E-state index is 13.6. The summed E-state index contributed by atoms with van der Waals surface area (Å²) >= 11 is 12.3. The molecule has 4 aromatic rings. The molecule has 0 unspecified atom stereocenters. The maximum absolute atomic E-state index is 13.6. The number of halogens is 2. The molecular formula is C23H19Cl2N5O6S. The number of ketones is 1.